The molecule has 96 valence electrons. The number of benzene rings is 1. The van der Waals surface area contributed by atoms with E-state index >= 15 is 0 Å². The first-order valence-electron chi connectivity index (χ1n) is 5.60. The number of para-hydroxylation sites is 1. The molecule has 0 saturated heterocycles. The number of methoxy groups -OCH3 is 1. The molecule has 0 aliphatic rings. The van der Waals surface area contributed by atoms with Gasteiger partial charge in [-0.15, -0.1) is 0 Å². The molecule has 1 heterocycles. The number of hydrogen-bond donors (Lipinski definition) is 1. The summed E-state index contributed by atoms with van der Waals surface area (Å²) in [6.45, 7) is 0.390. The molecule has 4 nitrogen and oxygen atoms in total. The molecule has 1 unspecified atom stereocenters. The lowest BCUT2D eigenvalue weighted by Crippen LogP contribution is -2.31. The van der Waals surface area contributed by atoms with E-state index in [9.17, 15) is 9.18 Å². The Bertz CT molecular complexity index is 564. The summed E-state index contributed by atoms with van der Waals surface area (Å²) in [7, 11) is 1.54. The molecule has 0 spiro atoms. The Morgan fingerprint density at radius 3 is 3.00 bits per heavy atom. The lowest BCUT2D eigenvalue weighted by molar-refractivity contribution is 0.0910. The quantitative estimate of drug-likeness (QED) is 0.826. The lowest BCUT2D eigenvalue weighted by atomic mass is 10.1. The number of carbonyl (C=O) groups excluding carboxylic acids is 1. The third-order valence-electron chi connectivity index (χ3n) is 2.71. The van der Waals surface area contributed by atoms with Gasteiger partial charge in [-0.1, -0.05) is 12.1 Å². The number of Topliss-reactive ketones (excluding diaryl/α,β-unsaturated/α-hetero) is 1. The Labute approximate surface area is 104 Å². The van der Waals surface area contributed by atoms with Gasteiger partial charge >= 0.3 is 0 Å². The van der Waals surface area contributed by atoms with E-state index in [2.05, 4.69) is 0 Å². The fourth-order valence-corrected chi connectivity index (χ4v) is 1.71. The molecular formula is C13H14FNO3. The summed E-state index contributed by atoms with van der Waals surface area (Å²) in [6.07, 6.45) is 0.398. The maximum atomic E-state index is 13.4. The maximum Gasteiger partial charge on any atom is 0.214 e. The van der Waals surface area contributed by atoms with Crippen LogP contribution in [0.5, 0.6) is 0 Å². The first-order valence-corrected chi connectivity index (χ1v) is 5.60. The summed E-state index contributed by atoms with van der Waals surface area (Å²) in [5.74, 6) is -0.752. The van der Waals surface area contributed by atoms with Crippen molar-refractivity contribution in [2.24, 2.45) is 5.73 Å². The Balaban J connectivity index is 2.25. The van der Waals surface area contributed by atoms with Crippen LogP contribution in [0.4, 0.5) is 4.39 Å². The van der Waals surface area contributed by atoms with E-state index < -0.39 is 11.9 Å². The predicted octanol–water partition coefficient (Wildman–Crippen LogP) is 2.12. The molecule has 0 amide bonds. The second kappa shape index (κ2) is 5.29. The molecule has 1 aromatic heterocycles. The van der Waals surface area contributed by atoms with Crippen molar-refractivity contribution in [2.75, 3.05) is 13.7 Å². The van der Waals surface area contributed by atoms with Gasteiger partial charge in [0.05, 0.1) is 6.04 Å². The fraction of sp³-hybridized carbons (Fsp3) is 0.308. The number of fused-ring (bicyclic) bond motifs is 1. The normalized spacial score (nSPS) is 12.8. The number of halogens is 1. The Hall–Kier alpha value is -1.72. The van der Waals surface area contributed by atoms with Crippen LogP contribution in [0, 0.1) is 5.82 Å². The highest BCUT2D eigenvalue weighted by atomic mass is 19.1. The van der Waals surface area contributed by atoms with Gasteiger partial charge in [-0.3, -0.25) is 4.79 Å². The van der Waals surface area contributed by atoms with E-state index in [-0.39, 0.29) is 17.1 Å². The molecule has 1 aromatic carbocycles. The van der Waals surface area contributed by atoms with Gasteiger partial charge in [0.1, 0.15) is 0 Å². The second-order valence-corrected chi connectivity index (χ2v) is 4.02. The standard InChI is InChI=1S/C13H14FNO3/c1-17-6-5-10(15)12(16)11-7-8-3-2-4-9(14)13(8)18-11/h2-4,7,10H,5-6,15H2,1H3. The summed E-state index contributed by atoms with van der Waals surface area (Å²) in [4.78, 5) is 11.9. The van der Waals surface area contributed by atoms with E-state index in [1.807, 2.05) is 0 Å². The molecule has 0 saturated carbocycles. The minimum Gasteiger partial charge on any atom is -0.450 e. The smallest absolute Gasteiger partial charge is 0.214 e. The topological polar surface area (TPSA) is 65.5 Å². The molecule has 2 rings (SSSR count). The summed E-state index contributed by atoms with van der Waals surface area (Å²) < 4.78 is 23.5. The average Bonchev–Trinajstić information content (AvgIpc) is 2.80. The monoisotopic (exact) mass is 251 g/mol. The van der Waals surface area contributed by atoms with Crippen LogP contribution in [0.3, 0.4) is 0 Å². The van der Waals surface area contributed by atoms with Crippen LogP contribution in [-0.4, -0.2) is 25.5 Å². The molecule has 2 N–H and O–H groups in total. The van der Waals surface area contributed by atoms with Crippen molar-refractivity contribution >= 4 is 16.8 Å². The van der Waals surface area contributed by atoms with Crippen molar-refractivity contribution < 1.29 is 18.3 Å². The molecule has 0 radical (unpaired) electrons. The molecular weight excluding hydrogens is 237 g/mol. The maximum absolute atomic E-state index is 13.4. The average molecular weight is 251 g/mol. The minimum absolute atomic E-state index is 0.0821. The Morgan fingerprint density at radius 2 is 2.33 bits per heavy atom. The van der Waals surface area contributed by atoms with Crippen LogP contribution in [0.1, 0.15) is 17.0 Å². The minimum atomic E-state index is -0.700. The SMILES string of the molecule is COCCC(N)C(=O)c1cc2cccc(F)c2o1. The molecule has 0 aliphatic heterocycles. The third kappa shape index (κ3) is 2.42. The van der Waals surface area contributed by atoms with E-state index in [0.29, 0.717) is 18.4 Å². The summed E-state index contributed by atoms with van der Waals surface area (Å²) in [5, 5.41) is 0.553. The molecule has 2 aromatic rings. The van der Waals surface area contributed by atoms with E-state index in [1.54, 1.807) is 12.1 Å². The van der Waals surface area contributed by atoms with Gasteiger partial charge in [-0.25, -0.2) is 4.39 Å². The third-order valence-corrected chi connectivity index (χ3v) is 2.71. The first kappa shape index (κ1) is 12.7. The number of furan rings is 1. The number of carbonyl (C=O) groups is 1. The number of ketones is 1. The van der Waals surface area contributed by atoms with Crippen molar-refractivity contribution in [3.8, 4) is 0 Å². The van der Waals surface area contributed by atoms with Crippen LogP contribution in [0.15, 0.2) is 28.7 Å². The largest absolute Gasteiger partial charge is 0.450 e. The summed E-state index contributed by atoms with van der Waals surface area (Å²) in [5.41, 5.74) is 5.80. The van der Waals surface area contributed by atoms with Gasteiger partial charge in [-0.2, -0.15) is 0 Å². The van der Waals surface area contributed by atoms with Gasteiger partial charge in [0.25, 0.3) is 0 Å². The summed E-state index contributed by atoms with van der Waals surface area (Å²) in [6, 6.07) is 5.33. The molecule has 18 heavy (non-hydrogen) atoms. The Kier molecular flexibility index (Phi) is 3.74. The van der Waals surface area contributed by atoms with Gasteiger partial charge in [-0.05, 0) is 18.6 Å². The number of nitrogens with two attached hydrogens (primary N) is 1. The summed E-state index contributed by atoms with van der Waals surface area (Å²) >= 11 is 0. The number of ether oxygens (including phenoxy) is 1. The van der Waals surface area contributed by atoms with Gasteiger partial charge in [0.15, 0.2) is 17.2 Å². The van der Waals surface area contributed by atoms with Crippen molar-refractivity contribution in [2.45, 2.75) is 12.5 Å². The predicted molar refractivity (Wildman–Crippen MR) is 65.0 cm³/mol. The zero-order valence-electron chi connectivity index (χ0n) is 9.98. The molecule has 1 atom stereocenters. The van der Waals surface area contributed by atoms with Gasteiger partial charge in [0, 0.05) is 19.1 Å². The molecule has 5 heteroatoms. The number of hydrogen-bond acceptors (Lipinski definition) is 4. The van der Waals surface area contributed by atoms with Crippen molar-refractivity contribution in [1.29, 1.82) is 0 Å². The van der Waals surface area contributed by atoms with E-state index in [4.69, 9.17) is 14.9 Å². The Morgan fingerprint density at radius 1 is 1.56 bits per heavy atom. The van der Waals surface area contributed by atoms with Crippen LogP contribution < -0.4 is 5.73 Å². The number of rotatable bonds is 5. The van der Waals surface area contributed by atoms with Crippen LogP contribution in [0.2, 0.25) is 0 Å². The zero-order chi connectivity index (χ0) is 13.1. The van der Waals surface area contributed by atoms with Gasteiger partial charge in [0.2, 0.25) is 5.78 Å². The van der Waals surface area contributed by atoms with E-state index in [1.165, 1.54) is 19.2 Å². The highest BCUT2D eigenvalue weighted by molar-refractivity contribution is 6.00. The molecule has 0 aliphatic carbocycles. The van der Waals surface area contributed by atoms with Crippen LogP contribution >= 0.6 is 0 Å². The lowest BCUT2D eigenvalue weighted by Gasteiger charge is -2.07. The molecule has 0 fully saturated rings. The highest BCUT2D eigenvalue weighted by Gasteiger charge is 2.20. The highest BCUT2D eigenvalue weighted by Crippen LogP contribution is 2.22. The van der Waals surface area contributed by atoms with Gasteiger partial charge < -0.3 is 14.9 Å². The molecule has 0 bridgehead atoms. The van der Waals surface area contributed by atoms with Crippen molar-refractivity contribution in [3.63, 3.8) is 0 Å². The van der Waals surface area contributed by atoms with Crippen LogP contribution in [0.25, 0.3) is 11.0 Å². The zero-order valence-corrected chi connectivity index (χ0v) is 9.98. The van der Waals surface area contributed by atoms with E-state index in [0.717, 1.165) is 0 Å². The fourth-order valence-electron chi connectivity index (χ4n) is 1.71. The van der Waals surface area contributed by atoms with Crippen LogP contribution in [-0.2, 0) is 4.74 Å². The first-order chi connectivity index (χ1) is 8.63. The van der Waals surface area contributed by atoms with Crippen molar-refractivity contribution in [3.05, 3.63) is 35.8 Å². The second-order valence-electron chi connectivity index (χ2n) is 4.02. The van der Waals surface area contributed by atoms with Crippen molar-refractivity contribution in [1.82, 2.24) is 0 Å².